The number of hydrogen-bond acceptors (Lipinski definition) is 3. The predicted octanol–water partition coefficient (Wildman–Crippen LogP) is 7.52. The fourth-order valence-electron chi connectivity index (χ4n) is 4.20. The molecular weight excluding hydrogens is 473 g/mol. The van der Waals surface area contributed by atoms with Gasteiger partial charge in [-0.1, -0.05) is 86.6 Å². The number of fused-ring (bicyclic) bond motifs is 1. The van der Waals surface area contributed by atoms with Crippen molar-refractivity contribution >= 4 is 20.9 Å². The summed E-state index contributed by atoms with van der Waals surface area (Å²) in [7, 11) is -5.81. The summed E-state index contributed by atoms with van der Waals surface area (Å²) in [5, 5.41) is 1.92. The van der Waals surface area contributed by atoms with Crippen LogP contribution in [-0.2, 0) is 23.0 Å². The second kappa shape index (κ2) is 9.74. The minimum Gasteiger partial charge on any atom is -0.376 e. The second-order valence-electron chi connectivity index (χ2n) is 8.88. The quantitative estimate of drug-likeness (QED) is 0.195. The number of rotatable bonds is 7. The van der Waals surface area contributed by atoms with E-state index in [9.17, 15) is 21.6 Å². The molecule has 3 nitrogen and oxygen atoms in total. The normalized spacial score (nSPS) is 12.3. The molecule has 0 spiro atoms. The highest BCUT2D eigenvalue weighted by Gasteiger charge is 2.48. The smallest absolute Gasteiger partial charge is 0.376 e. The van der Waals surface area contributed by atoms with Crippen molar-refractivity contribution in [2.75, 3.05) is 0 Å². The molecule has 4 aromatic rings. The third-order valence-corrected chi connectivity index (χ3v) is 6.73. The number of alkyl halides is 3. The molecule has 0 aliphatic heterocycles. The van der Waals surface area contributed by atoms with E-state index in [1.807, 2.05) is 66.7 Å². The molecule has 0 unspecified atom stereocenters. The summed E-state index contributed by atoms with van der Waals surface area (Å²) in [5.74, 6) is 0.0752. The van der Waals surface area contributed by atoms with Crippen molar-refractivity contribution in [2.45, 2.75) is 32.2 Å². The first-order chi connectivity index (χ1) is 16.5. The Morgan fingerprint density at radius 3 is 2.20 bits per heavy atom. The van der Waals surface area contributed by atoms with Crippen LogP contribution in [0.15, 0.2) is 84.9 Å². The standard InChI is InChI=1S/C28H25F3O3S/c1-19(2)16-21-9-4-6-13-26(21)23-14-15-27(34-35(32,33)28(29,30)31)24(18-23)17-22-11-7-10-20-8-3-5-12-25(20)22/h3-15,18-19H,16-17H2,1-2H3. The van der Waals surface area contributed by atoms with Crippen molar-refractivity contribution in [3.63, 3.8) is 0 Å². The van der Waals surface area contributed by atoms with Gasteiger partial charge in [-0.25, -0.2) is 0 Å². The SMILES string of the molecule is CC(C)Cc1ccccc1-c1ccc(OS(=O)(=O)C(F)(F)F)c(Cc2cccc3ccccc23)c1. The van der Waals surface area contributed by atoms with Crippen LogP contribution < -0.4 is 4.18 Å². The maximum atomic E-state index is 13.1. The Bertz CT molecular complexity index is 1450. The van der Waals surface area contributed by atoms with Crippen molar-refractivity contribution in [3.05, 3.63) is 102 Å². The van der Waals surface area contributed by atoms with Gasteiger partial charge in [0.05, 0.1) is 0 Å². The first kappa shape index (κ1) is 24.8. The Balaban J connectivity index is 1.84. The van der Waals surface area contributed by atoms with E-state index in [0.29, 0.717) is 11.5 Å². The summed E-state index contributed by atoms with van der Waals surface area (Å²) in [4.78, 5) is 0. The van der Waals surface area contributed by atoms with E-state index < -0.39 is 15.6 Å². The van der Waals surface area contributed by atoms with Crippen molar-refractivity contribution in [3.8, 4) is 16.9 Å². The lowest BCUT2D eigenvalue weighted by atomic mass is 9.91. The Morgan fingerprint density at radius 2 is 1.46 bits per heavy atom. The van der Waals surface area contributed by atoms with E-state index in [4.69, 9.17) is 0 Å². The van der Waals surface area contributed by atoms with Crippen LogP contribution >= 0.6 is 0 Å². The van der Waals surface area contributed by atoms with Gasteiger partial charge < -0.3 is 4.18 Å². The van der Waals surface area contributed by atoms with Crippen LogP contribution in [0.2, 0.25) is 0 Å². The maximum Gasteiger partial charge on any atom is 0.534 e. The topological polar surface area (TPSA) is 43.4 Å². The Labute approximate surface area is 203 Å². The van der Waals surface area contributed by atoms with Crippen LogP contribution in [0.3, 0.4) is 0 Å². The van der Waals surface area contributed by atoms with Crippen LogP contribution in [0.5, 0.6) is 5.75 Å². The fraction of sp³-hybridized carbons (Fsp3) is 0.214. The highest BCUT2D eigenvalue weighted by molar-refractivity contribution is 7.88. The first-order valence-electron chi connectivity index (χ1n) is 11.2. The van der Waals surface area contributed by atoms with Crippen molar-refractivity contribution in [2.24, 2.45) is 5.92 Å². The molecule has 0 bridgehead atoms. The van der Waals surface area contributed by atoms with Crippen molar-refractivity contribution in [1.82, 2.24) is 0 Å². The minimum atomic E-state index is -5.81. The summed E-state index contributed by atoms with van der Waals surface area (Å²) in [6, 6.07) is 25.8. The van der Waals surface area contributed by atoms with E-state index in [-0.39, 0.29) is 12.2 Å². The average Bonchev–Trinajstić information content (AvgIpc) is 2.79. The Hall–Kier alpha value is -3.32. The maximum absolute atomic E-state index is 13.1. The second-order valence-corrected chi connectivity index (χ2v) is 10.4. The van der Waals surface area contributed by atoms with Gasteiger partial charge in [-0.3, -0.25) is 0 Å². The van der Waals surface area contributed by atoms with Crippen LogP contribution in [0.1, 0.15) is 30.5 Å². The molecule has 0 radical (unpaired) electrons. The fourth-order valence-corrected chi connectivity index (χ4v) is 4.70. The van der Waals surface area contributed by atoms with E-state index in [2.05, 4.69) is 18.0 Å². The molecule has 4 aromatic carbocycles. The molecule has 0 aromatic heterocycles. The van der Waals surface area contributed by atoms with Gasteiger partial charge in [0.25, 0.3) is 0 Å². The zero-order chi connectivity index (χ0) is 25.2. The molecular formula is C28H25F3O3S. The summed E-state index contributed by atoms with van der Waals surface area (Å²) < 4.78 is 67.5. The monoisotopic (exact) mass is 498 g/mol. The van der Waals surface area contributed by atoms with Crippen molar-refractivity contribution < 1.29 is 25.8 Å². The van der Waals surface area contributed by atoms with Crippen LogP contribution in [0, 0.1) is 5.92 Å². The minimum absolute atomic E-state index is 0.199. The van der Waals surface area contributed by atoms with Gasteiger partial charge in [-0.2, -0.15) is 21.6 Å². The molecule has 0 saturated heterocycles. The highest BCUT2D eigenvalue weighted by Crippen LogP contribution is 2.35. The lowest BCUT2D eigenvalue weighted by molar-refractivity contribution is -0.0500. The van der Waals surface area contributed by atoms with Gasteiger partial charge >= 0.3 is 15.6 Å². The van der Waals surface area contributed by atoms with Gasteiger partial charge in [0.15, 0.2) is 0 Å². The van der Waals surface area contributed by atoms with E-state index in [1.54, 1.807) is 12.1 Å². The Morgan fingerprint density at radius 1 is 0.800 bits per heavy atom. The molecule has 0 aliphatic rings. The number of hydrogen-bond donors (Lipinski definition) is 0. The third-order valence-electron chi connectivity index (χ3n) is 5.76. The van der Waals surface area contributed by atoms with E-state index in [0.717, 1.165) is 39.4 Å². The molecule has 0 amide bonds. The number of benzene rings is 4. The molecule has 7 heteroatoms. The zero-order valence-corrected chi connectivity index (χ0v) is 20.2. The first-order valence-corrected chi connectivity index (χ1v) is 12.6. The molecule has 0 heterocycles. The lowest BCUT2D eigenvalue weighted by Gasteiger charge is -2.17. The molecule has 0 saturated carbocycles. The summed E-state index contributed by atoms with van der Waals surface area (Å²) in [5.41, 5.74) is -1.48. The van der Waals surface area contributed by atoms with Gasteiger partial charge in [0.2, 0.25) is 0 Å². The average molecular weight is 499 g/mol. The predicted molar refractivity (Wildman–Crippen MR) is 133 cm³/mol. The third kappa shape index (κ3) is 5.51. The molecule has 35 heavy (non-hydrogen) atoms. The molecule has 0 aliphatic carbocycles. The van der Waals surface area contributed by atoms with Crippen LogP contribution in [0.4, 0.5) is 13.2 Å². The molecule has 0 N–H and O–H groups in total. The largest absolute Gasteiger partial charge is 0.534 e. The zero-order valence-electron chi connectivity index (χ0n) is 19.3. The Kier molecular flexibility index (Phi) is 6.90. The summed E-state index contributed by atoms with van der Waals surface area (Å²) in [6.45, 7) is 4.23. The molecule has 4 rings (SSSR count). The van der Waals surface area contributed by atoms with Gasteiger partial charge in [-0.05, 0) is 57.5 Å². The van der Waals surface area contributed by atoms with Gasteiger partial charge in [-0.15, -0.1) is 0 Å². The van der Waals surface area contributed by atoms with E-state index >= 15 is 0 Å². The van der Waals surface area contributed by atoms with Crippen molar-refractivity contribution in [1.29, 1.82) is 0 Å². The molecule has 182 valence electrons. The van der Waals surface area contributed by atoms with E-state index in [1.165, 1.54) is 6.07 Å². The number of halogens is 3. The van der Waals surface area contributed by atoms with Gasteiger partial charge in [0.1, 0.15) is 5.75 Å². The summed E-state index contributed by atoms with van der Waals surface area (Å²) >= 11 is 0. The molecule has 0 atom stereocenters. The highest BCUT2D eigenvalue weighted by atomic mass is 32.2. The van der Waals surface area contributed by atoms with Crippen LogP contribution in [-0.4, -0.2) is 13.9 Å². The van der Waals surface area contributed by atoms with Crippen LogP contribution in [0.25, 0.3) is 21.9 Å². The molecule has 0 fully saturated rings. The van der Waals surface area contributed by atoms with Gasteiger partial charge in [0, 0.05) is 12.0 Å². The summed E-state index contributed by atoms with van der Waals surface area (Å²) in [6.07, 6.45) is 1.03. The lowest BCUT2D eigenvalue weighted by Crippen LogP contribution is -2.28.